The van der Waals surface area contributed by atoms with Crippen LogP contribution in [0, 0.1) is 5.95 Å². The molecule has 3 saturated heterocycles. The maximum atomic E-state index is 14.5. The van der Waals surface area contributed by atoms with Gasteiger partial charge in [-0.25, -0.2) is 20.0 Å². The van der Waals surface area contributed by atoms with Crippen LogP contribution in [0.5, 0.6) is 0 Å². The van der Waals surface area contributed by atoms with Crippen molar-refractivity contribution in [3.63, 3.8) is 0 Å². The van der Waals surface area contributed by atoms with Gasteiger partial charge in [-0.1, -0.05) is 30.3 Å². The van der Waals surface area contributed by atoms with Crippen LogP contribution in [0.1, 0.15) is 24.4 Å². The number of fused-ring (bicyclic) bond motifs is 2. The average molecular weight is 434 g/mol. The Balaban J connectivity index is 1.24. The Hall–Kier alpha value is -3.30. The first-order valence-corrected chi connectivity index (χ1v) is 10.8. The molecule has 3 aromatic rings. The van der Waals surface area contributed by atoms with E-state index in [1.54, 1.807) is 23.4 Å². The molecule has 0 spiro atoms. The van der Waals surface area contributed by atoms with Gasteiger partial charge < -0.3 is 15.0 Å². The van der Waals surface area contributed by atoms with Crippen LogP contribution in [0.2, 0.25) is 0 Å². The summed E-state index contributed by atoms with van der Waals surface area (Å²) in [5, 5.41) is 4.87. The molecule has 3 atom stereocenters. The number of hydroxylamine groups is 1. The number of rotatable bonds is 5. The summed E-state index contributed by atoms with van der Waals surface area (Å²) in [6, 6.07) is 14.1. The molecule has 2 bridgehead atoms. The quantitative estimate of drug-likeness (QED) is 0.611. The fourth-order valence-corrected chi connectivity index (χ4v) is 4.74. The molecule has 0 amide bonds. The molecule has 0 aliphatic carbocycles. The van der Waals surface area contributed by atoms with Gasteiger partial charge >= 0.3 is 0 Å². The molecule has 3 fully saturated rings. The van der Waals surface area contributed by atoms with Crippen LogP contribution in [0.3, 0.4) is 0 Å². The number of morpholine rings is 1. The number of hydrogen-bond acceptors (Lipinski definition) is 8. The Morgan fingerprint density at radius 1 is 1.09 bits per heavy atom. The van der Waals surface area contributed by atoms with Crippen LogP contribution in [0.15, 0.2) is 55.0 Å². The molecule has 3 aliphatic heterocycles. The van der Waals surface area contributed by atoms with Crippen molar-refractivity contribution in [1.29, 1.82) is 0 Å². The lowest BCUT2D eigenvalue weighted by atomic mass is 10.0. The minimum atomic E-state index is -0.575. The summed E-state index contributed by atoms with van der Waals surface area (Å²) in [6.45, 7) is 2.12. The summed E-state index contributed by atoms with van der Waals surface area (Å²) in [5.74, 6) is 0.517. The smallest absolute Gasteiger partial charge is 0.236 e. The van der Waals surface area contributed by atoms with Crippen LogP contribution in [0.4, 0.5) is 27.4 Å². The molecule has 2 aromatic heterocycles. The Kier molecular flexibility index (Phi) is 4.84. The minimum absolute atomic E-state index is 0.0634. The maximum absolute atomic E-state index is 14.5. The summed E-state index contributed by atoms with van der Waals surface area (Å²) in [6.07, 6.45) is 5.15. The lowest BCUT2D eigenvalue weighted by Gasteiger charge is -2.29. The third-order valence-corrected chi connectivity index (χ3v) is 6.29. The van der Waals surface area contributed by atoms with Crippen molar-refractivity contribution in [2.45, 2.75) is 31.0 Å². The molecule has 0 saturated carbocycles. The number of anilines is 4. The van der Waals surface area contributed by atoms with E-state index in [4.69, 9.17) is 9.57 Å². The predicted octanol–water partition coefficient (Wildman–Crippen LogP) is 3.61. The largest absolute Gasteiger partial charge is 0.374 e. The highest BCUT2D eigenvalue weighted by atomic mass is 19.1. The van der Waals surface area contributed by atoms with E-state index in [-0.39, 0.29) is 17.8 Å². The van der Waals surface area contributed by atoms with E-state index in [9.17, 15) is 4.39 Å². The van der Waals surface area contributed by atoms with E-state index in [1.807, 2.05) is 18.2 Å². The van der Waals surface area contributed by atoms with Crippen molar-refractivity contribution in [2.75, 3.05) is 35.0 Å². The Morgan fingerprint density at radius 3 is 2.81 bits per heavy atom. The van der Waals surface area contributed by atoms with Crippen LogP contribution in [-0.2, 0) is 9.57 Å². The van der Waals surface area contributed by atoms with Crippen LogP contribution >= 0.6 is 0 Å². The predicted molar refractivity (Wildman–Crippen MR) is 117 cm³/mol. The second-order valence-electron chi connectivity index (χ2n) is 8.29. The summed E-state index contributed by atoms with van der Waals surface area (Å²) in [7, 11) is 0. The number of halogens is 1. The number of benzene rings is 1. The van der Waals surface area contributed by atoms with Gasteiger partial charge in [0, 0.05) is 19.0 Å². The van der Waals surface area contributed by atoms with Gasteiger partial charge in [0.2, 0.25) is 5.95 Å². The molecule has 32 heavy (non-hydrogen) atoms. The van der Waals surface area contributed by atoms with E-state index in [0.717, 1.165) is 30.6 Å². The van der Waals surface area contributed by atoms with Crippen molar-refractivity contribution in [1.82, 2.24) is 15.0 Å². The minimum Gasteiger partial charge on any atom is -0.374 e. The highest BCUT2D eigenvalue weighted by molar-refractivity contribution is 5.64. The zero-order valence-corrected chi connectivity index (χ0v) is 17.4. The first kappa shape index (κ1) is 19.4. The van der Waals surface area contributed by atoms with Gasteiger partial charge in [0.15, 0.2) is 5.82 Å². The van der Waals surface area contributed by atoms with E-state index in [0.29, 0.717) is 30.9 Å². The molecule has 5 heterocycles. The number of nitrogens with zero attached hydrogens (tertiary/aromatic N) is 5. The van der Waals surface area contributed by atoms with Gasteiger partial charge in [0.25, 0.3) is 0 Å². The number of aromatic nitrogens is 3. The second-order valence-corrected chi connectivity index (χ2v) is 8.29. The summed E-state index contributed by atoms with van der Waals surface area (Å²) in [4.78, 5) is 20.7. The fourth-order valence-electron chi connectivity index (χ4n) is 4.74. The van der Waals surface area contributed by atoms with Gasteiger partial charge in [-0.2, -0.15) is 4.39 Å². The lowest BCUT2D eigenvalue weighted by molar-refractivity contribution is 0.0991. The summed E-state index contributed by atoms with van der Waals surface area (Å²) >= 11 is 0. The molecule has 3 aliphatic rings. The Bertz CT molecular complexity index is 1120. The molecule has 8 nitrogen and oxygen atoms in total. The van der Waals surface area contributed by atoms with Crippen LogP contribution in [-0.4, -0.2) is 46.9 Å². The van der Waals surface area contributed by atoms with E-state index in [2.05, 4.69) is 37.3 Å². The lowest BCUT2D eigenvalue weighted by Crippen LogP contribution is -2.37. The Morgan fingerprint density at radius 2 is 2.00 bits per heavy atom. The van der Waals surface area contributed by atoms with E-state index >= 15 is 0 Å². The monoisotopic (exact) mass is 434 g/mol. The van der Waals surface area contributed by atoms with Gasteiger partial charge in [-0.15, -0.1) is 0 Å². The fraction of sp³-hybridized carbons (Fsp3) is 0.348. The third kappa shape index (κ3) is 3.53. The molecule has 0 radical (unpaired) electrons. The second kappa shape index (κ2) is 7.99. The molecule has 9 heteroatoms. The molecule has 0 unspecified atom stereocenters. The SMILES string of the molecule is Fc1ncc(N2C[C@@H]3C[C@H]2CO3)cc1Nc1cc(N2OCC[C@@H]2c2ccccc2)ncn1. The summed E-state index contributed by atoms with van der Waals surface area (Å²) in [5.41, 5.74) is 2.31. The van der Waals surface area contributed by atoms with Gasteiger partial charge in [-0.05, 0) is 18.1 Å². The average Bonchev–Trinajstić information content (AvgIpc) is 3.59. The first-order valence-electron chi connectivity index (χ1n) is 10.8. The molecule has 164 valence electrons. The standard InChI is InChI=1S/C23H23FN6O2/c24-23-19(9-16(11-25-23)29-12-18-8-17(29)13-31-18)28-21-10-22(27-14-26-21)30-20(6-7-32-30)15-4-2-1-3-5-15/h1-5,9-11,14,17-18,20H,6-8,12-13H2,(H,26,27,28)/t17-,18-,20+/m0/s1. The van der Waals surface area contributed by atoms with Gasteiger partial charge in [-0.3, -0.25) is 4.84 Å². The number of ether oxygens (including phenoxy) is 1. The van der Waals surface area contributed by atoms with Gasteiger partial charge in [0.1, 0.15) is 12.1 Å². The zero-order chi connectivity index (χ0) is 21.5. The highest BCUT2D eigenvalue weighted by Crippen LogP contribution is 2.36. The molecule has 1 N–H and O–H groups in total. The molecular formula is C23H23FN6O2. The maximum Gasteiger partial charge on any atom is 0.236 e. The number of nitrogens with one attached hydrogen (secondary N) is 1. The highest BCUT2D eigenvalue weighted by Gasteiger charge is 2.39. The first-order chi connectivity index (χ1) is 15.7. The summed E-state index contributed by atoms with van der Waals surface area (Å²) < 4.78 is 20.2. The van der Waals surface area contributed by atoms with E-state index < -0.39 is 5.95 Å². The topological polar surface area (TPSA) is 75.6 Å². The van der Waals surface area contributed by atoms with E-state index in [1.165, 1.54) is 6.33 Å². The normalized spacial score (nSPS) is 24.3. The molecule has 1 aromatic carbocycles. The molecular weight excluding hydrogens is 411 g/mol. The van der Waals surface area contributed by atoms with Crippen LogP contribution in [0.25, 0.3) is 0 Å². The van der Waals surface area contributed by atoms with Crippen molar-refractivity contribution >= 4 is 23.0 Å². The number of pyridine rings is 1. The Labute approximate surface area is 185 Å². The van der Waals surface area contributed by atoms with Crippen molar-refractivity contribution < 1.29 is 14.0 Å². The van der Waals surface area contributed by atoms with Gasteiger partial charge in [0.05, 0.1) is 49.0 Å². The van der Waals surface area contributed by atoms with Crippen molar-refractivity contribution in [3.8, 4) is 0 Å². The third-order valence-electron chi connectivity index (χ3n) is 6.29. The van der Waals surface area contributed by atoms with Crippen molar-refractivity contribution in [3.05, 3.63) is 66.5 Å². The zero-order valence-electron chi connectivity index (χ0n) is 17.4. The van der Waals surface area contributed by atoms with Crippen molar-refractivity contribution in [2.24, 2.45) is 0 Å². The van der Waals surface area contributed by atoms with Crippen LogP contribution < -0.4 is 15.3 Å². The molecule has 6 rings (SSSR count). The number of hydrogen-bond donors (Lipinski definition) is 1.